The molecule has 1 aliphatic rings. The van der Waals surface area contributed by atoms with E-state index >= 15 is 0 Å². The van der Waals surface area contributed by atoms with E-state index in [-0.39, 0.29) is 12.0 Å². The standard InChI is InChI=1S/C19H26N6O2/c1-3-24(4-2)14-19(26)25-9-10-27-17(13-25)16-6-5-15(11-22-16)23-18-12-20-7-8-21-18/h5-8,11-12,17H,3-4,9-10,13-14H2,1-2H3,(H,21,23)/t17-/m1/s1. The monoisotopic (exact) mass is 370 g/mol. The molecule has 0 unspecified atom stereocenters. The molecule has 1 fully saturated rings. The van der Waals surface area contributed by atoms with Gasteiger partial charge in [0.1, 0.15) is 11.9 Å². The summed E-state index contributed by atoms with van der Waals surface area (Å²) in [5.74, 6) is 0.807. The molecular weight excluding hydrogens is 344 g/mol. The van der Waals surface area contributed by atoms with E-state index in [1.165, 1.54) is 0 Å². The maximum absolute atomic E-state index is 12.5. The summed E-state index contributed by atoms with van der Waals surface area (Å²) in [6.07, 6.45) is 6.44. The summed E-state index contributed by atoms with van der Waals surface area (Å²) in [7, 11) is 0. The van der Waals surface area contributed by atoms with Gasteiger partial charge in [0.25, 0.3) is 0 Å². The number of ether oxygens (including phenoxy) is 1. The SMILES string of the molecule is CCN(CC)CC(=O)N1CCO[C@@H](c2ccc(Nc3cnccn3)cn2)C1. The van der Waals surface area contributed by atoms with Crippen molar-refractivity contribution in [2.75, 3.05) is 44.6 Å². The minimum atomic E-state index is -0.204. The maximum atomic E-state index is 12.5. The zero-order valence-electron chi connectivity index (χ0n) is 15.8. The Balaban J connectivity index is 1.60. The molecule has 0 saturated carbocycles. The van der Waals surface area contributed by atoms with Crippen molar-refractivity contribution in [3.63, 3.8) is 0 Å². The molecular formula is C19H26N6O2. The summed E-state index contributed by atoms with van der Waals surface area (Å²) in [4.78, 5) is 29.2. The Morgan fingerprint density at radius 1 is 1.26 bits per heavy atom. The Labute approximate surface area is 159 Å². The molecule has 2 aromatic heterocycles. The van der Waals surface area contributed by atoms with Crippen LogP contribution in [0, 0.1) is 0 Å². The van der Waals surface area contributed by atoms with Gasteiger partial charge in [-0.25, -0.2) is 4.98 Å². The average Bonchev–Trinajstić information content (AvgIpc) is 2.73. The number of likely N-dealkylation sites (N-methyl/N-ethyl adjacent to an activating group) is 1. The molecule has 3 heterocycles. The molecule has 8 heteroatoms. The van der Waals surface area contributed by atoms with Gasteiger partial charge >= 0.3 is 0 Å². The van der Waals surface area contributed by atoms with E-state index in [1.54, 1.807) is 24.8 Å². The number of carbonyl (C=O) groups is 1. The van der Waals surface area contributed by atoms with Gasteiger partial charge in [-0.05, 0) is 25.2 Å². The second kappa shape index (κ2) is 9.38. The lowest BCUT2D eigenvalue weighted by Crippen LogP contribution is -2.46. The van der Waals surface area contributed by atoms with Crippen LogP contribution in [0.3, 0.4) is 0 Å². The van der Waals surface area contributed by atoms with Crippen LogP contribution in [0.25, 0.3) is 0 Å². The quantitative estimate of drug-likeness (QED) is 0.796. The third-order valence-electron chi connectivity index (χ3n) is 4.62. The number of rotatable bonds is 7. The Bertz CT molecular complexity index is 721. The predicted molar refractivity (Wildman–Crippen MR) is 103 cm³/mol. The fourth-order valence-corrected chi connectivity index (χ4v) is 2.97. The van der Waals surface area contributed by atoms with E-state index in [4.69, 9.17) is 4.74 Å². The maximum Gasteiger partial charge on any atom is 0.236 e. The van der Waals surface area contributed by atoms with Crippen molar-refractivity contribution in [2.45, 2.75) is 20.0 Å². The second-order valence-corrected chi connectivity index (χ2v) is 6.35. The summed E-state index contributed by atoms with van der Waals surface area (Å²) in [5.41, 5.74) is 1.64. The van der Waals surface area contributed by atoms with Crippen LogP contribution < -0.4 is 5.32 Å². The lowest BCUT2D eigenvalue weighted by molar-refractivity contribution is -0.140. The molecule has 8 nitrogen and oxygen atoms in total. The van der Waals surface area contributed by atoms with Crippen LogP contribution in [0.1, 0.15) is 25.6 Å². The van der Waals surface area contributed by atoms with Gasteiger partial charge in [-0.15, -0.1) is 0 Å². The van der Waals surface area contributed by atoms with Crippen LogP contribution in [0.5, 0.6) is 0 Å². The van der Waals surface area contributed by atoms with Crippen molar-refractivity contribution in [1.82, 2.24) is 24.8 Å². The first-order chi connectivity index (χ1) is 13.2. The topological polar surface area (TPSA) is 83.5 Å². The molecule has 27 heavy (non-hydrogen) atoms. The second-order valence-electron chi connectivity index (χ2n) is 6.35. The molecule has 144 valence electrons. The summed E-state index contributed by atoms with van der Waals surface area (Å²) < 4.78 is 5.85. The number of aromatic nitrogens is 3. The molecule has 0 spiro atoms. The smallest absolute Gasteiger partial charge is 0.236 e. The molecule has 1 atom stereocenters. The van der Waals surface area contributed by atoms with Crippen LogP contribution >= 0.6 is 0 Å². The highest BCUT2D eigenvalue weighted by atomic mass is 16.5. The van der Waals surface area contributed by atoms with Crippen molar-refractivity contribution in [3.05, 3.63) is 42.6 Å². The zero-order chi connectivity index (χ0) is 19.1. The van der Waals surface area contributed by atoms with Crippen LogP contribution in [-0.4, -0.2) is 70.0 Å². The summed E-state index contributed by atoms with van der Waals surface area (Å²) in [6, 6.07) is 3.85. The first-order valence-electron chi connectivity index (χ1n) is 9.30. The lowest BCUT2D eigenvalue weighted by atomic mass is 10.1. The Kier molecular flexibility index (Phi) is 6.67. The summed E-state index contributed by atoms with van der Waals surface area (Å²) >= 11 is 0. The lowest BCUT2D eigenvalue weighted by Gasteiger charge is -2.34. The van der Waals surface area contributed by atoms with E-state index < -0.39 is 0 Å². The van der Waals surface area contributed by atoms with Gasteiger partial charge in [-0.1, -0.05) is 13.8 Å². The van der Waals surface area contributed by atoms with Gasteiger partial charge in [-0.3, -0.25) is 19.7 Å². The predicted octanol–water partition coefficient (Wildman–Crippen LogP) is 1.86. The molecule has 3 rings (SSSR count). The van der Waals surface area contributed by atoms with E-state index in [1.807, 2.05) is 17.0 Å². The van der Waals surface area contributed by atoms with E-state index in [0.29, 0.717) is 32.1 Å². The van der Waals surface area contributed by atoms with Gasteiger partial charge < -0.3 is 15.0 Å². The zero-order valence-corrected chi connectivity index (χ0v) is 15.8. The Morgan fingerprint density at radius 2 is 2.11 bits per heavy atom. The highest BCUT2D eigenvalue weighted by Crippen LogP contribution is 2.22. The number of morpholine rings is 1. The van der Waals surface area contributed by atoms with Crippen LogP contribution in [0.15, 0.2) is 36.9 Å². The molecule has 1 amide bonds. The van der Waals surface area contributed by atoms with Crippen molar-refractivity contribution in [2.24, 2.45) is 0 Å². The minimum Gasteiger partial charge on any atom is -0.368 e. The van der Waals surface area contributed by atoms with Crippen LogP contribution in [0.4, 0.5) is 11.5 Å². The molecule has 0 aliphatic carbocycles. The first kappa shape index (κ1) is 19.2. The van der Waals surface area contributed by atoms with Gasteiger partial charge in [0.2, 0.25) is 5.91 Å². The van der Waals surface area contributed by atoms with E-state index in [0.717, 1.165) is 24.5 Å². The third-order valence-corrected chi connectivity index (χ3v) is 4.62. The van der Waals surface area contributed by atoms with Crippen molar-refractivity contribution in [1.29, 1.82) is 0 Å². The first-order valence-corrected chi connectivity index (χ1v) is 9.30. The normalized spacial score (nSPS) is 17.1. The Morgan fingerprint density at radius 3 is 2.78 bits per heavy atom. The van der Waals surface area contributed by atoms with Crippen LogP contribution in [-0.2, 0) is 9.53 Å². The van der Waals surface area contributed by atoms with Gasteiger partial charge in [0.05, 0.1) is 43.5 Å². The van der Waals surface area contributed by atoms with Gasteiger partial charge in [0, 0.05) is 18.9 Å². The third kappa shape index (κ3) is 5.21. The Hall–Kier alpha value is -2.58. The summed E-state index contributed by atoms with van der Waals surface area (Å²) in [5, 5.41) is 3.15. The number of hydrogen-bond donors (Lipinski definition) is 1. The molecule has 0 aromatic carbocycles. The highest BCUT2D eigenvalue weighted by Gasteiger charge is 2.26. The molecule has 0 radical (unpaired) electrons. The number of nitrogens with one attached hydrogen (secondary N) is 1. The van der Waals surface area contributed by atoms with Crippen molar-refractivity contribution >= 4 is 17.4 Å². The van der Waals surface area contributed by atoms with Crippen LogP contribution in [0.2, 0.25) is 0 Å². The minimum absolute atomic E-state index is 0.146. The fourth-order valence-electron chi connectivity index (χ4n) is 2.97. The van der Waals surface area contributed by atoms with Crippen molar-refractivity contribution < 1.29 is 9.53 Å². The number of amides is 1. The van der Waals surface area contributed by atoms with Gasteiger partial charge in [0.15, 0.2) is 0 Å². The number of hydrogen-bond acceptors (Lipinski definition) is 7. The number of nitrogens with zero attached hydrogens (tertiary/aromatic N) is 5. The van der Waals surface area contributed by atoms with Gasteiger partial charge in [-0.2, -0.15) is 0 Å². The molecule has 0 bridgehead atoms. The molecule has 2 aromatic rings. The largest absolute Gasteiger partial charge is 0.368 e. The van der Waals surface area contributed by atoms with E-state index in [2.05, 4.69) is 39.0 Å². The number of carbonyl (C=O) groups excluding carboxylic acids is 1. The number of anilines is 2. The van der Waals surface area contributed by atoms with E-state index in [9.17, 15) is 4.79 Å². The number of pyridine rings is 1. The summed E-state index contributed by atoms with van der Waals surface area (Å²) in [6.45, 7) is 8.02. The average molecular weight is 370 g/mol. The molecule has 1 N–H and O–H groups in total. The van der Waals surface area contributed by atoms with Crippen molar-refractivity contribution in [3.8, 4) is 0 Å². The highest BCUT2D eigenvalue weighted by molar-refractivity contribution is 5.78. The molecule has 1 aliphatic heterocycles. The fraction of sp³-hybridized carbons (Fsp3) is 0.474. The molecule has 1 saturated heterocycles.